The number of nitrogens with one attached hydrogen (secondary N) is 1. The molecule has 0 aliphatic heterocycles. The number of aryl methyl sites for hydroxylation is 1. The summed E-state index contributed by atoms with van der Waals surface area (Å²) in [5.41, 5.74) is 4.68. The van der Waals surface area contributed by atoms with Gasteiger partial charge >= 0.3 is 0 Å². The number of rotatable bonds is 5. The van der Waals surface area contributed by atoms with E-state index in [-0.39, 0.29) is 5.91 Å². The number of hydrogen-bond donors (Lipinski definition) is 2. The van der Waals surface area contributed by atoms with E-state index in [2.05, 4.69) is 36.6 Å². The standard InChI is InChI=1S/C11H16N2OS/c1-9-2-4-10(5-3-9)8-15-7-6-11(14)13-12/h2-5H,6-8,12H2,1H3,(H,13,14). The van der Waals surface area contributed by atoms with Crippen molar-refractivity contribution in [3.63, 3.8) is 0 Å². The van der Waals surface area contributed by atoms with Gasteiger partial charge in [-0.25, -0.2) is 5.84 Å². The molecule has 0 unspecified atom stereocenters. The molecule has 0 aromatic heterocycles. The van der Waals surface area contributed by atoms with Crippen LogP contribution in [0.5, 0.6) is 0 Å². The molecule has 15 heavy (non-hydrogen) atoms. The van der Waals surface area contributed by atoms with Crippen LogP contribution in [0.1, 0.15) is 17.5 Å². The molecule has 0 radical (unpaired) electrons. The van der Waals surface area contributed by atoms with E-state index in [9.17, 15) is 4.79 Å². The molecule has 3 nitrogen and oxygen atoms in total. The van der Waals surface area contributed by atoms with Crippen molar-refractivity contribution in [3.8, 4) is 0 Å². The zero-order valence-electron chi connectivity index (χ0n) is 8.82. The lowest BCUT2D eigenvalue weighted by molar-refractivity contribution is -0.120. The molecule has 0 aliphatic carbocycles. The minimum absolute atomic E-state index is 0.105. The maximum absolute atomic E-state index is 10.8. The zero-order valence-corrected chi connectivity index (χ0v) is 9.64. The van der Waals surface area contributed by atoms with Gasteiger partial charge in [0.25, 0.3) is 0 Å². The topological polar surface area (TPSA) is 55.1 Å². The van der Waals surface area contributed by atoms with Crippen LogP contribution < -0.4 is 11.3 Å². The Morgan fingerprint density at radius 1 is 1.40 bits per heavy atom. The summed E-state index contributed by atoms with van der Waals surface area (Å²) in [6.45, 7) is 2.07. The molecule has 0 fully saturated rings. The number of nitrogens with two attached hydrogens (primary N) is 1. The second-order valence-corrected chi connectivity index (χ2v) is 4.46. The van der Waals surface area contributed by atoms with Gasteiger partial charge in [0.2, 0.25) is 5.91 Å². The van der Waals surface area contributed by atoms with Crippen molar-refractivity contribution in [3.05, 3.63) is 35.4 Å². The molecule has 0 spiro atoms. The van der Waals surface area contributed by atoms with Crippen LogP contribution in [0, 0.1) is 6.92 Å². The van der Waals surface area contributed by atoms with Crippen molar-refractivity contribution in [1.82, 2.24) is 5.43 Å². The van der Waals surface area contributed by atoms with Crippen molar-refractivity contribution < 1.29 is 4.79 Å². The average Bonchev–Trinajstić information content (AvgIpc) is 2.26. The lowest BCUT2D eigenvalue weighted by atomic mass is 10.2. The van der Waals surface area contributed by atoms with E-state index in [4.69, 9.17) is 5.84 Å². The molecule has 1 aromatic rings. The fourth-order valence-corrected chi connectivity index (χ4v) is 2.01. The first-order chi connectivity index (χ1) is 7.22. The van der Waals surface area contributed by atoms with Crippen molar-refractivity contribution in [1.29, 1.82) is 0 Å². The number of hydrogen-bond acceptors (Lipinski definition) is 3. The third-order valence-corrected chi connectivity index (χ3v) is 3.05. The van der Waals surface area contributed by atoms with Crippen molar-refractivity contribution in [2.75, 3.05) is 5.75 Å². The van der Waals surface area contributed by atoms with E-state index in [1.165, 1.54) is 11.1 Å². The molecule has 0 bridgehead atoms. The highest BCUT2D eigenvalue weighted by Gasteiger charge is 1.98. The summed E-state index contributed by atoms with van der Waals surface area (Å²) >= 11 is 1.74. The van der Waals surface area contributed by atoms with Crippen LogP contribution >= 0.6 is 11.8 Å². The van der Waals surface area contributed by atoms with Gasteiger partial charge in [-0.2, -0.15) is 11.8 Å². The Morgan fingerprint density at radius 3 is 2.67 bits per heavy atom. The Balaban J connectivity index is 2.20. The summed E-state index contributed by atoms with van der Waals surface area (Å²) in [6, 6.07) is 8.43. The lowest BCUT2D eigenvalue weighted by Gasteiger charge is -2.02. The third kappa shape index (κ3) is 4.85. The molecule has 0 heterocycles. The van der Waals surface area contributed by atoms with Crippen molar-refractivity contribution in [2.24, 2.45) is 5.84 Å². The monoisotopic (exact) mass is 224 g/mol. The number of carbonyl (C=O) groups is 1. The summed E-state index contributed by atoms with van der Waals surface area (Å²) in [5.74, 6) is 6.61. The van der Waals surface area contributed by atoms with E-state index in [0.29, 0.717) is 6.42 Å². The van der Waals surface area contributed by atoms with Gasteiger partial charge < -0.3 is 0 Å². The van der Waals surface area contributed by atoms with E-state index < -0.39 is 0 Å². The Hall–Kier alpha value is -1.00. The number of hydrazine groups is 1. The highest BCUT2D eigenvalue weighted by atomic mass is 32.2. The normalized spacial score (nSPS) is 10.0. The van der Waals surface area contributed by atoms with Gasteiger partial charge in [-0.3, -0.25) is 10.2 Å². The smallest absolute Gasteiger partial charge is 0.234 e. The molecular formula is C11H16N2OS. The molecule has 4 heteroatoms. The quantitative estimate of drug-likeness (QED) is 0.346. The fourth-order valence-electron chi connectivity index (χ4n) is 1.11. The van der Waals surface area contributed by atoms with Gasteiger partial charge in [-0.15, -0.1) is 0 Å². The molecule has 1 rings (SSSR count). The molecule has 0 aliphatic rings. The molecule has 0 saturated heterocycles. The van der Waals surface area contributed by atoms with E-state index >= 15 is 0 Å². The second-order valence-electron chi connectivity index (χ2n) is 3.36. The maximum atomic E-state index is 10.8. The molecule has 0 saturated carbocycles. The number of benzene rings is 1. The van der Waals surface area contributed by atoms with Crippen LogP contribution in [0.4, 0.5) is 0 Å². The summed E-state index contributed by atoms with van der Waals surface area (Å²) in [6.07, 6.45) is 0.479. The average molecular weight is 224 g/mol. The SMILES string of the molecule is Cc1ccc(CSCCC(=O)NN)cc1. The minimum Gasteiger partial charge on any atom is -0.294 e. The Labute approximate surface area is 94.4 Å². The van der Waals surface area contributed by atoms with Crippen LogP contribution in [-0.2, 0) is 10.5 Å². The van der Waals surface area contributed by atoms with Gasteiger partial charge in [0.1, 0.15) is 0 Å². The first-order valence-corrected chi connectivity index (χ1v) is 6.00. The van der Waals surface area contributed by atoms with Crippen molar-refractivity contribution in [2.45, 2.75) is 19.1 Å². The van der Waals surface area contributed by atoms with Crippen LogP contribution in [0.15, 0.2) is 24.3 Å². The molecule has 3 N–H and O–H groups in total. The predicted molar refractivity (Wildman–Crippen MR) is 64.3 cm³/mol. The predicted octanol–water partition coefficient (Wildman–Crippen LogP) is 1.61. The molecule has 1 aromatic carbocycles. The maximum Gasteiger partial charge on any atom is 0.234 e. The molecular weight excluding hydrogens is 208 g/mol. The lowest BCUT2D eigenvalue weighted by Crippen LogP contribution is -2.30. The minimum atomic E-state index is -0.105. The van der Waals surface area contributed by atoms with E-state index in [1.54, 1.807) is 11.8 Å². The fraction of sp³-hybridized carbons (Fsp3) is 0.364. The summed E-state index contributed by atoms with van der Waals surface area (Å²) in [7, 11) is 0. The van der Waals surface area contributed by atoms with Crippen LogP contribution in [0.3, 0.4) is 0 Å². The van der Waals surface area contributed by atoms with Gasteiger partial charge in [0, 0.05) is 17.9 Å². The number of thioether (sulfide) groups is 1. The first-order valence-electron chi connectivity index (χ1n) is 4.85. The van der Waals surface area contributed by atoms with Crippen LogP contribution in [-0.4, -0.2) is 11.7 Å². The molecule has 82 valence electrons. The van der Waals surface area contributed by atoms with Crippen LogP contribution in [0.25, 0.3) is 0 Å². The highest BCUT2D eigenvalue weighted by molar-refractivity contribution is 7.98. The highest BCUT2D eigenvalue weighted by Crippen LogP contribution is 2.13. The summed E-state index contributed by atoms with van der Waals surface area (Å²) in [5, 5.41) is 0. The second kappa shape index (κ2) is 6.48. The van der Waals surface area contributed by atoms with Crippen LogP contribution in [0.2, 0.25) is 0 Å². The Morgan fingerprint density at radius 2 is 2.07 bits per heavy atom. The van der Waals surface area contributed by atoms with Gasteiger partial charge in [-0.05, 0) is 12.5 Å². The summed E-state index contributed by atoms with van der Waals surface area (Å²) in [4.78, 5) is 10.8. The van der Waals surface area contributed by atoms with E-state index in [1.807, 2.05) is 0 Å². The summed E-state index contributed by atoms with van der Waals surface area (Å²) < 4.78 is 0. The molecule has 1 amide bonds. The van der Waals surface area contributed by atoms with Gasteiger partial charge in [0.05, 0.1) is 0 Å². The van der Waals surface area contributed by atoms with E-state index in [0.717, 1.165) is 11.5 Å². The zero-order chi connectivity index (χ0) is 11.1. The number of carbonyl (C=O) groups excluding carboxylic acids is 1. The Kier molecular flexibility index (Phi) is 5.21. The number of amides is 1. The Bertz CT molecular complexity index is 311. The van der Waals surface area contributed by atoms with Gasteiger partial charge in [0.15, 0.2) is 0 Å². The molecule has 0 atom stereocenters. The van der Waals surface area contributed by atoms with Crippen molar-refractivity contribution >= 4 is 17.7 Å². The first kappa shape index (κ1) is 12.1. The van der Waals surface area contributed by atoms with Gasteiger partial charge in [-0.1, -0.05) is 29.8 Å². The third-order valence-electron chi connectivity index (χ3n) is 2.02. The largest absolute Gasteiger partial charge is 0.294 e.